The van der Waals surface area contributed by atoms with Crippen LogP contribution in [0.3, 0.4) is 0 Å². The number of rotatable bonds is 23. The van der Waals surface area contributed by atoms with Gasteiger partial charge in [0.25, 0.3) is 0 Å². The van der Waals surface area contributed by atoms with E-state index in [-0.39, 0.29) is 52.7 Å². The third kappa shape index (κ3) is 12.6. The number of halogens is 2. The van der Waals surface area contributed by atoms with Crippen molar-refractivity contribution in [3.05, 3.63) is 64.9 Å². The lowest BCUT2D eigenvalue weighted by atomic mass is 9.84. The number of carbonyl (C=O) groups is 2. The number of fused-ring (bicyclic) bond motifs is 1. The summed E-state index contributed by atoms with van der Waals surface area (Å²) in [6, 6.07) is 11.5. The minimum absolute atomic E-state index is 0.0257. The van der Waals surface area contributed by atoms with E-state index in [4.69, 9.17) is 66.0 Å². The number of benzene rings is 2. The van der Waals surface area contributed by atoms with Crippen molar-refractivity contribution in [2.24, 2.45) is 5.41 Å². The van der Waals surface area contributed by atoms with Gasteiger partial charge in [-0.3, -0.25) is 23.2 Å². The molecule has 3 heterocycles. The molecule has 0 bridgehead atoms. The number of hydrogen-bond donors (Lipinski definition) is 3. The molecule has 8 atom stereocenters. The summed E-state index contributed by atoms with van der Waals surface area (Å²) in [4.78, 5) is 38.9. The Bertz CT molecular complexity index is 2360. The SMILES string of the molecule is CCCCOC(=O)[C@H](C)NP(=O)(OC[C@H]1O[C@@H](n2cnc3c(OC)nc(N)nc32)[C@](C)(C#N)[C@@H]1OP(=O)(N[C@@H](C)C(=O)OCCCC)Oc1cccc(Cl)c1)Oc1ccc(Cl)cc1. The standard InChI is InChI=1S/C39H50Cl2N8O12P2/c1-7-9-18-55-35(50)24(3)47-62(52,59-28-16-14-26(40)15-17-28)57-21-30-32(39(5,22-42)37(58-30)49-23-44-31-33(49)45-38(43)46-34(31)54-6)61-63(53,60-29-13-11-12-27(41)20-29)48-25(4)36(51)56-19-10-8-2/h11-17,20,23-25,30,32,37H,7-10,18-19,21H2,1-6H3,(H,47,52)(H,48,53)(H2,43,45,46)/t24-,25-,30+,32+,37+,39+,62?,63?/m0/s1. The smallest absolute Gasteiger partial charge is 0.459 e. The normalized spacial score (nSPS) is 21.3. The van der Waals surface area contributed by atoms with Gasteiger partial charge in [0.15, 0.2) is 17.4 Å². The first-order chi connectivity index (χ1) is 30.0. The summed E-state index contributed by atoms with van der Waals surface area (Å²) in [5.41, 5.74) is 4.39. The van der Waals surface area contributed by atoms with E-state index in [1.807, 2.05) is 13.8 Å². The number of anilines is 1. The van der Waals surface area contributed by atoms with Crippen LogP contribution in [-0.2, 0) is 42.0 Å². The highest BCUT2D eigenvalue weighted by molar-refractivity contribution is 7.52. The molecule has 1 saturated heterocycles. The topological polar surface area (TPSA) is 260 Å². The average Bonchev–Trinajstić information content (AvgIpc) is 3.77. The Kier molecular flexibility index (Phi) is 17.2. The molecule has 20 nitrogen and oxygen atoms in total. The third-order valence-electron chi connectivity index (χ3n) is 9.46. The molecule has 0 radical (unpaired) electrons. The van der Waals surface area contributed by atoms with E-state index in [2.05, 4.69) is 31.2 Å². The molecule has 0 spiro atoms. The Balaban J connectivity index is 1.58. The van der Waals surface area contributed by atoms with Gasteiger partial charge in [0.05, 0.1) is 39.3 Å². The van der Waals surface area contributed by atoms with Gasteiger partial charge in [-0.25, -0.2) is 14.1 Å². The van der Waals surface area contributed by atoms with Gasteiger partial charge in [0, 0.05) is 10.0 Å². The second-order valence-corrected chi connectivity index (χ2v) is 18.7. The van der Waals surface area contributed by atoms with Crippen molar-refractivity contribution < 1.29 is 55.8 Å². The molecule has 5 rings (SSSR count). The maximum absolute atomic E-state index is 15.1. The van der Waals surface area contributed by atoms with Crippen LogP contribution in [0.2, 0.25) is 10.0 Å². The molecule has 2 aromatic heterocycles. The molecule has 2 unspecified atom stereocenters. The molecule has 1 fully saturated rings. The van der Waals surface area contributed by atoms with Crippen molar-refractivity contribution in [1.29, 1.82) is 5.26 Å². The molecule has 342 valence electrons. The summed E-state index contributed by atoms with van der Waals surface area (Å²) in [7, 11) is -8.06. The number of ether oxygens (including phenoxy) is 4. The number of nitrogens with one attached hydrogen (secondary N) is 2. The zero-order valence-corrected chi connectivity index (χ0v) is 38.7. The van der Waals surface area contributed by atoms with Crippen molar-refractivity contribution in [3.8, 4) is 23.4 Å². The minimum Gasteiger partial charge on any atom is -0.479 e. The van der Waals surface area contributed by atoms with Crippen LogP contribution in [0.5, 0.6) is 17.4 Å². The quantitative estimate of drug-likeness (QED) is 0.0368. The molecule has 0 saturated carbocycles. The second-order valence-electron chi connectivity index (χ2n) is 14.5. The first-order valence-corrected chi connectivity index (χ1v) is 23.7. The molecule has 2 aromatic carbocycles. The predicted octanol–water partition coefficient (Wildman–Crippen LogP) is 7.57. The monoisotopic (exact) mass is 954 g/mol. The Morgan fingerprint density at radius 3 is 2.16 bits per heavy atom. The van der Waals surface area contributed by atoms with E-state index in [1.54, 1.807) is 6.07 Å². The number of unbranched alkanes of at least 4 members (excludes halogenated alkanes) is 2. The van der Waals surface area contributed by atoms with Crippen LogP contribution in [0.15, 0.2) is 54.9 Å². The van der Waals surface area contributed by atoms with Gasteiger partial charge in [-0.1, -0.05) is 56.0 Å². The van der Waals surface area contributed by atoms with E-state index >= 15 is 4.57 Å². The number of methoxy groups -OCH3 is 1. The number of nitrogen functional groups attached to an aromatic ring is 1. The highest BCUT2D eigenvalue weighted by Gasteiger charge is 2.60. The van der Waals surface area contributed by atoms with Crippen molar-refractivity contribution in [2.45, 2.75) is 90.8 Å². The van der Waals surface area contributed by atoms with Gasteiger partial charge in [-0.15, -0.1) is 0 Å². The lowest BCUT2D eigenvalue weighted by Gasteiger charge is -2.32. The van der Waals surface area contributed by atoms with E-state index in [9.17, 15) is 19.4 Å². The predicted molar refractivity (Wildman–Crippen MR) is 231 cm³/mol. The molecule has 0 aliphatic carbocycles. The summed E-state index contributed by atoms with van der Waals surface area (Å²) in [6.07, 6.45) is -0.494. The maximum Gasteiger partial charge on any atom is 0.459 e. The van der Waals surface area contributed by atoms with Gasteiger partial charge in [-0.2, -0.15) is 25.4 Å². The zero-order chi connectivity index (χ0) is 46.0. The second kappa shape index (κ2) is 21.9. The van der Waals surface area contributed by atoms with Crippen LogP contribution in [0.1, 0.15) is 66.5 Å². The van der Waals surface area contributed by atoms with Crippen molar-refractivity contribution in [1.82, 2.24) is 29.7 Å². The summed E-state index contributed by atoms with van der Waals surface area (Å²) in [5, 5.41) is 16.9. The Morgan fingerprint density at radius 2 is 1.57 bits per heavy atom. The molecule has 4 aromatic rings. The molecule has 63 heavy (non-hydrogen) atoms. The zero-order valence-electron chi connectivity index (χ0n) is 35.4. The fraction of sp³-hybridized carbons (Fsp3) is 0.487. The number of esters is 2. The summed E-state index contributed by atoms with van der Waals surface area (Å²) < 4.78 is 78.1. The van der Waals surface area contributed by atoms with Crippen LogP contribution in [0, 0.1) is 16.7 Å². The van der Waals surface area contributed by atoms with Gasteiger partial charge in [-0.05, 0) is 76.1 Å². The minimum atomic E-state index is -4.81. The molecular weight excluding hydrogens is 905 g/mol. The van der Waals surface area contributed by atoms with E-state index < -0.39 is 70.0 Å². The molecule has 0 amide bonds. The fourth-order valence-corrected chi connectivity index (χ4v) is 9.74. The molecular formula is C39H50Cl2N8O12P2. The van der Waals surface area contributed by atoms with Crippen LogP contribution >= 0.6 is 38.7 Å². The first kappa shape index (κ1) is 49.5. The molecule has 24 heteroatoms. The summed E-state index contributed by atoms with van der Waals surface area (Å²) >= 11 is 12.3. The first-order valence-electron chi connectivity index (χ1n) is 19.9. The van der Waals surface area contributed by atoms with Crippen LogP contribution in [0.25, 0.3) is 11.2 Å². The van der Waals surface area contributed by atoms with Gasteiger partial charge >= 0.3 is 27.4 Å². The number of carbonyl (C=O) groups excluding carboxylic acids is 2. The largest absolute Gasteiger partial charge is 0.479 e. The lowest BCUT2D eigenvalue weighted by molar-refractivity contribution is -0.146. The van der Waals surface area contributed by atoms with Crippen molar-refractivity contribution in [3.63, 3.8) is 0 Å². The number of nitriles is 1. The summed E-state index contributed by atoms with van der Waals surface area (Å²) in [5.74, 6) is -1.66. The number of hydrogen-bond acceptors (Lipinski definition) is 17. The van der Waals surface area contributed by atoms with Crippen LogP contribution < -0.4 is 29.7 Å². The number of nitrogens with two attached hydrogens (primary N) is 1. The van der Waals surface area contributed by atoms with Gasteiger partial charge in [0.2, 0.25) is 11.8 Å². The highest BCUT2D eigenvalue weighted by Crippen LogP contribution is 2.56. The number of nitrogens with zero attached hydrogens (tertiary/aromatic N) is 5. The average molecular weight is 956 g/mol. The Hall–Kier alpha value is -4.54. The number of aromatic nitrogens is 4. The lowest BCUT2D eigenvalue weighted by Crippen LogP contribution is -2.43. The molecule has 4 N–H and O–H groups in total. The van der Waals surface area contributed by atoms with Gasteiger partial charge < -0.3 is 33.7 Å². The van der Waals surface area contributed by atoms with Gasteiger partial charge in [0.1, 0.15) is 41.2 Å². The van der Waals surface area contributed by atoms with Crippen LogP contribution in [-0.4, -0.2) is 82.7 Å². The maximum atomic E-state index is 15.1. The van der Waals surface area contributed by atoms with E-state index in [0.29, 0.717) is 17.9 Å². The van der Waals surface area contributed by atoms with Crippen molar-refractivity contribution in [2.75, 3.05) is 32.7 Å². The van der Waals surface area contributed by atoms with E-state index in [1.165, 1.54) is 81.2 Å². The molecule has 1 aliphatic rings. The van der Waals surface area contributed by atoms with Crippen LogP contribution in [0.4, 0.5) is 5.95 Å². The van der Waals surface area contributed by atoms with Crippen molar-refractivity contribution >= 4 is 67.7 Å². The fourth-order valence-electron chi connectivity index (χ4n) is 6.15. The molecule has 1 aliphatic heterocycles. The number of imidazole rings is 1. The van der Waals surface area contributed by atoms with E-state index in [0.717, 1.165) is 12.8 Å². The Labute approximate surface area is 374 Å². The highest BCUT2D eigenvalue weighted by atomic mass is 35.5. The summed E-state index contributed by atoms with van der Waals surface area (Å²) in [6.45, 7) is 7.61. The third-order valence-corrected chi connectivity index (χ3v) is 13.2. The Morgan fingerprint density at radius 1 is 0.952 bits per heavy atom.